The van der Waals surface area contributed by atoms with E-state index in [1.54, 1.807) is 30.3 Å². The van der Waals surface area contributed by atoms with E-state index in [0.29, 0.717) is 24.0 Å². The maximum Gasteiger partial charge on any atom is 0.309 e. The Morgan fingerprint density at radius 2 is 1.52 bits per heavy atom. The van der Waals surface area contributed by atoms with Crippen molar-refractivity contribution in [3.05, 3.63) is 76.7 Å². The van der Waals surface area contributed by atoms with Crippen LogP contribution in [0.4, 0.5) is 0 Å². The second-order valence-electron chi connectivity index (χ2n) is 7.91. The lowest BCUT2D eigenvalue weighted by Gasteiger charge is -2.29. The zero-order valence-corrected chi connectivity index (χ0v) is 18.7. The zero-order valence-electron chi connectivity index (χ0n) is 17.9. The Balaban J connectivity index is 1.24. The fourth-order valence-corrected chi connectivity index (χ4v) is 5.18. The normalized spacial score (nSPS) is 17.5. The number of carbonyl (C=O) groups is 3. The molecule has 0 aliphatic carbocycles. The maximum atomic E-state index is 12.6. The van der Waals surface area contributed by atoms with Crippen LogP contribution in [0.1, 0.15) is 39.1 Å². The number of sulfonamides is 1. The van der Waals surface area contributed by atoms with Crippen LogP contribution in [0.15, 0.2) is 60.0 Å². The van der Waals surface area contributed by atoms with E-state index >= 15 is 0 Å². The second-order valence-corrected chi connectivity index (χ2v) is 9.73. The molecule has 0 atom stereocenters. The number of fused-ring (bicyclic) bond motifs is 1. The molecular weight excluding hydrogens is 444 g/mol. The minimum atomic E-state index is -3.58. The Labute approximate surface area is 192 Å². The lowest BCUT2D eigenvalue weighted by Crippen LogP contribution is -2.40. The predicted octanol–water partition coefficient (Wildman–Crippen LogP) is 2.54. The van der Waals surface area contributed by atoms with Crippen LogP contribution in [-0.2, 0) is 19.6 Å². The highest BCUT2D eigenvalue weighted by atomic mass is 32.2. The predicted molar refractivity (Wildman–Crippen MR) is 121 cm³/mol. The van der Waals surface area contributed by atoms with Crippen molar-refractivity contribution in [1.82, 2.24) is 9.21 Å². The van der Waals surface area contributed by atoms with Crippen molar-refractivity contribution in [3.8, 4) is 0 Å². The number of rotatable bonds is 7. The molecule has 0 unspecified atom stereocenters. The first-order valence-electron chi connectivity index (χ1n) is 10.7. The lowest BCUT2D eigenvalue weighted by atomic mass is 9.98. The lowest BCUT2D eigenvalue weighted by molar-refractivity contribution is -0.150. The van der Waals surface area contributed by atoms with Gasteiger partial charge in [-0.2, -0.15) is 4.31 Å². The molecule has 2 aliphatic heterocycles. The molecule has 1 fully saturated rings. The van der Waals surface area contributed by atoms with Crippen LogP contribution in [0.25, 0.3) is 6.08 Å². The zero-order chi connectivity index (χ0) is 23.4. The largest absolute Gasteiger partial charge is 0.464 e. The highest BCUT2D eigenvalue weighted by molar-refractivity contribution is 7.92. The summed E-state index contributed by atoms with van der Waals surface area (Å²) < 4.78 is 31.8. The molecular formula is C24H24N2O6S. The van der Waals surface area contributed by atoms with Gasteiger partial charge in [0.15, 0.2) is 0 Å². The first-order valence-corrected chi connectivity index (χ1v) is 12.2. The number of nitrogens with zero attached hydrogens (tertiary/aromatic N) is 2. The molecule has 2 aromatic rings. The standard InChI is InChI=1S/C24H24N2O6S/c27-22-20-8-4-5-9-21(20)23(28)26(22)15-16-32-24(29)19-10-13-25(14-11-19)33(30,31)17-12-18-6-2-1-3-7-18/h1-9,12,17,19H,10-11,13-16H2/b17-12+. The highest BCUT2D eigenvalue weighted by Gasteiger charge is 2.35. The van der Waals surface area contributed by atoms with Crippen LogP contribution in [0, 0.1) is 5.92 Å². The van der Waals surface area contributed by atoms with Gasteiger partial charge in [0.05, 0.1) is 23.6 Å². The summed E-state index contributed by atoms with van der Waals surface area (Å²) in [6.45, 7) is 0.331. The fourth-order valence-electron chi connectivity index (χ4n) is 3.96. The minimum absolute atomic E-state index is 0.0183. The third-order valence-electron chi connectivity index (χ3n) is 5.82. The summed E-state index contributed by atoms with van der Waals surface area (Å²) in [7, 11) is -3.58. The molecule has 0 N–H and O–H groups in total. The van der Waals surface area contributed by atoms with E-state index < -0.39 is 33.7 Å². The first-order chi connectivity index (χ1) is 15.9. The molecule has 0 aromatic heterocycles. The van der Waals surface area contributed by atoms with Crippen LogP contribution in [-0.4, -0.2) is 61.6 Å². The Morgan fingerprint density at radius 1 is 0.939 bits per heavy atom. The Hall–Kier alpha value is -3.30. The van der Waals surface area contributed by atoms with Crippen molar-refractivity contribution in [2.75, 3.05) is 26.2 Å². The summed E-state index contributed by atoms with van der Waals surface area (Å²) >= 11 is 0. The summed E-state index contributed by atoms with van der Waals surface area (Å²) in [6.07, 6.45) is 2.25. The molecule has 0 radical (unpaired) electrons. The van der Waals surface area contributed by atoms with E-state index in [1.807, 2.05) is 30.3 Å². The van der Waals surface area contributed by atoms with E-state index in [4.69, 9.17) is 4.74 Å². The highest BCUT2D eigenvalue weighted by Crippen LogP contribution is 2.24. The van der Waals surface area contributed by atoms with Crippen LogP contribution in [0.5, 0.6) is 0 Å². The molecule has 4 rings (SSSR count). The molecule has 1 saturated heterocycles. The molecule has 33 heavy (non-hydrogen) atoms. The molecule has 172 valence electrons. The number of carbonyl (C=O) groups excluding carboxylic acids is 3. The molecule has 8 nitrogen and oxygen atoms in total. The van der Waals surface area contributed by atoms with Gasteiger partial charge in [0.2, 0.25) is 10.0 Å². The van der Waals surface area contributed by atoms with E-state index in [0.717, 1.165) is 10.5 Å². The van der Waals surface area contributed by atoms with Gasteiger partial charge in [0.1, 0.15) is 6.61 Å². The number of amides is 2. The topological polar surface area (TPSA) is 101 Å². The van der Waals surface area contributed by atoms with Crippen molar-refractivity contribution in [3.63, 3.8) is 0 Å². The number of hydrogen-bond donors (Lipinski definition) is 0. The summed E-state index contributed by atoms with van der Waals surface area (Å²) in [5.41, 5.74) is 1.49. The average Bonchev–Trinajstić information content (AvgIpc) is 3.08. The summed E-state index contributed by atoms with van der Waals surface area (Å²) in [5, 5.41) is 1.18. The van der Waals surface area contributed by atoms with Gasteiger partial charge in [-0.25, -0.2) is 8.42 Å². The van der Waals surface area contributed by atoms with E-state index in [9.17, 15) is 22.8 Å². The number of benzene rings is 2. The van der Waals surface area contributed by atoms with Crippen LogP contribution >= 0.6 is 0 Å². The van der Waals surface area contributed by atoms with Crippen molar-refractivity contribution < 1.29 is 27.5 Å². The third kappa shape index (κ3) is 5.04. The van der Waals surface area contributed by atoms with Gasteiger partial charge < -0.3 is 4.74 Å². The van der Waals surface area contributed by atoms with Crippen molar-refractivity contribution in [2.45, 2.75) is 12.8 Å². The number of imide groups is 1. The van der Waals surface area contributed by atoms with Gasteiger partial charge in [-0.1, -0.05) is 42.5 Å². The van der Waals surface area contributed by atoms with Gasteiger partial charge in [-0.3, -0.25) is 19.3 Å². The van der Waals surface area contributed by atoms with E-state index in [2.05, 4.69) is 0 Å². The average molecular weight is 469 g/mol. The van der Waals surface area contributed by atoms with Crippen molar-refractivity contribution in [2.24, 2.45) is 5.92 Å². The van der Waals surface area contributed by atoms with E-state index in [1.165, 1.54) is 9.71 Å². The van der Waals surface area contributed by atoms with E-state index in [-0.39, 0.29) is 26.2 Å². The minimum Gasteiger partial charge on any atom is -0.464 e. The molecule has 2 amide bonds. The maximum absolute atomic E-state index is 12.6. The fraction of sp³-hybridized carbons (Fsp3) is 0.292. The third-order valence-corrected chi connectivity index (χ3v) is 7.38. The van der Waals surface area contributed by atoms with Crippen LogP contribution in [0.2, 0.25) is 0 Å². The molecule has 0 bridgehead atoms. The number of hydrogen-bond acceptors (Lipinski definition) is 6. The SMILES string of the molecule is O=C(OCCN1C(=O)c2ccccc2C1=O)C1CCN(S(=O)(=O)/C=C/c2ccccc2)CC1. The Kier molecular flexibility index (Phi) is 6.71. The second kappa shape index (κ2) is 9.68. The first kappa shape index (κ1) is 22.9. The molecule has 2 aliphatic rings. The Bertz CT molecular complexity index is 1150. The molecule has 9 heteroatoms. The van der Waals surface area contributed by atoms with Crippen molar-refractivity contribution >= 4 is 33.9 Å². The number of esters is 1. The summed E-state index contributed by atoms with van der Waals surface area (Å²) in [5.74, 6) is -1.65. The molecule has 0 spiro atoms. The molecule has 2 heterocycles. The van der Waals surface area contributed by atoms with Crippen molar-refractivity contribution in [1.29, 1.82) is 0 Å². The van der Waals surface area contributed by atoms with Gasteiger partial charge in [-0.15, -0.1) is 0 Å². The summed E-state index contributed by atoms with van der Waals surface area (Å²) in [6, 6.07) is 15.7. The van der Waals surface area contributed by atoms with Gasteiger partial charge >= 0.3 is 5.97 Å². The number of piperidine rings is 1. The summed E-state index contributed by atoms with van der Waals surface area (Å²) in [4.78, 5) is 38.2. The van der Waals surface area contributed by atoms with Crippen LogP contribution in [0.3, 0.4) is 0 Å². The quantitative estimate of drug-likeness (QED) is 0.457. The molecule has 2 aromatic carbocycles. The van der Waals surface area contributed by atoms with Gasteiger partial charge in [0.25, 0.3) is 11.8 Å². The Morgan fingerprint density at radius 3 is 2.12 bits per heavy atom. The smallest absolute Gasteiger partial charge is 0.309 e. The van der Waals surface area contributed by atoms with Crippen LogP contribution < -0.4 is 0 Å². The monoisotopic (exact) mass is 468 g/mol. The van der Waals surface area contributed by atoms with Gasteiger partial charge in [-0.05, 0) is 36.6 Å². The molecule has 0 saturated carbocycles. The van der Waals surface area contributed by atoms with Gasteiger partial charge in [0, 0.05) is 18.5 Å². The number of ether oxygens (including phenoxy) is 1.